The zero-order valence-electron chi connectivity index (χ0n) is 12.3. The molecule has 1 aromatic heterocycles. The van der Waals surface area contributed by atoms with E-state index in [1.165, 1.54) is 6.08 Å². The van der Waals surface area contributed by atoms with E-state index in [0.29, 0.717) is 6.54 Å². The number of rotatable bonds is 4. The Morgan fingerprint density at radius 1 is 1.13 bits per heavy atom. The molecule has 0 atom stereocenters. The highest BCUT2D eigenvalue weighted by molar-refractivity contribution is 6.00. The third kappa shape index (κ3) is 2.99. The molecule has 0 aliphatic heterocycles. The van der Waals surface area contributed by atoms with E-state index >= 15 is 0 Å². The number of hydrogen-bond acceptors (Lipinski definition) is 2. The fourth-order valence-corrected chi connectivity index (χ4v) is 2.60. The van der Waals surface area contributed by atoms with Crippen molar-refractivity contribution in [3.05, 3.63) is 77.5 Å². The molecular formula is C19H14N2O2. The molecule has 1 heterocycles. The molecule has 0 amide bonds. The van der Waals surface area contributed by atoms with Crippen LogP contribution in [-0.4, -0.2) is 15.6 Å². The molecule has 2 aromatic carbocycles. The van der Waals surface area contributed by atoms with E-state index in [4.69, 9.17) is 10.4 Å². The first-order chi connectivity index (χ1) is 11.2. The van der Waals surface area contributed by atoms with Crippen LogP contribution in [0.15, 0.2) is 66.4 Å². The fourth-order valence-electron chi connectivity index (χ4n) is 2.60. The average Bonchev–Trinajstić information content (AvgIpc) is 2.91. The first-order valence-corrected chi connectivity index (χ1v) is 7.16. The van der Waals surface area contributed by atoms with Crippen LogP contribution in [0.5, 0.6) is 0 Å². The molecule has 0 saturated carbocycles. The van der Waals surface area contributed by atoms with Crippen molar-refractivity contribution in [1.82, 2.24) is 4.57 Å². The fraction of sp³-hybridized carbons (Fsp3) is 0.0526. The van der Waals surface area contributed by atoms with Crippen LogP contribution >= 0.6 is 0 Å². The van der Waals surface area contributed by atoms with Gasteiger partial charge in [-0.15, -0.1) is 0 Å². The number of para-hydroxylation sites is 1. The second-order valence-corrected chi connectivity index (χ2v) is 5.19. The predicted octanol–water partition coefficient (Wildman–Crippen LogP) is 3.68. The summed E-state index contributed by atoms with van der Waals surface area (Å²) >= 11 is 0. The Morgan fingerprint density at radius 2 is 1.83 bits per heavy atom. The van der Waals surface area contributed by atoms with Gasteiger partial charge in [0.05, 0.1) is 0 Å². The topological polar surface area (TPSA) is 66.0 Å². The van der Waals surface area contributed by atoms with Gasteiger partial charge in [-0.2, -0.15) is 5.26 Å². The Hall–Kier alpha value is -3.32. The number of nitriles is 1. The summed E-state index contributed by atoms with van der Waals surface area (Å²) < 4.78 is 2.06. The van der Waals surface area contributed by atoms with Gasteiger partial charge in [-0.1, -0.05) is 48.5 Å². The third-order valence-electron chi connectivity index (χ3n) is 3.67. The first-order valence-electron chi connectivity index (χ1n) is 7.16. The van der Waals surface area contributed by atoms with E-state index in [2.05, 4.69) is 4.57 Å². The number of aliphatic carboxylic acids is 1. The minimum atomic E-state index is -1.22. The van der Waals surface area contributed by atoms with E-state index in [9.17, 15) is 4.79 Å². The van der Waals surface area contributed by atoms with Crippen molar-refractivity contribution < 1.29 is 9.90 Å². The summed E-state index contributed by atoms with van der Waals surface area (Å²) in [4.78, 5) is 11.1. The van der Waals surface area contributed by atoms with Gasteiger partial charge in [0.2, 0.25) is 0 Å². The number of benzene rings is 2. The highest BCUT2D eigenvalue weighted by Crippen LogP contribution is 2.24. The van der Waals surface area contributed by atoms with Gasteiger partial charge in [0.1, 0.15) is 11.6 Å². The number of fused-ring (bicyclic) bond motifs is 1. The first kappa shape index (κ1) is 14.6. The highest BCUT2D eigenvalue weighted by atomic mass is 16.4. The quantitative estimate of drug-likeness (QED) is 0.590. The molecular weight excluding hydrogens is 288 g/mol. The normalized spacial score (nSPS) is 11.3. The van der Waals surface area contributed by atoms with Gasteiger partial charge in [0, 0.05) is 29.2 Å². The zero-order valence-corrected chi connectivity index (χ0v) is 12.3. The standard InChI is InChI=1S/C19H14N2O2/c20-11-15(19(22)23)10-16-13-21(12-14-6-2-1-3-7-14)18-9-5-4-8-17(16)18/h1-10,13H,12H2,(H,22,23)/b15-10+. The molecule has 112 valence electrons. The minimum absolute atomic E-state index is 0.271. The number of carbonyl (C=O) groups is 1. The summed E-state index contributed by atoms with van der Waals surface area (Å²) in [5, 5.41) is 18.9. The number of carboxylic acids is 1. The van der Waals surface area contributed by atoms with Crippen molar-refractivity contribution in [3.63, 3.8) is 0 Å². The Morgan fingerprint density at radius 3 is 2.52 bits per heavy atom. The molecule has 0 bridgehead atoms. The lowest BCUT2D eigenvalue weighted by molar-refractivity contribution is -0.132. The lowest BCUT2D eigenvalue weighted by Crippen LogP contribution is -1.98. The second kappa shape index (κ2) is 6.20. The molecule has 3 aromatic rings. The molecule has 1 N–H and O–H groups in total. The Balaban J connectivity index is 2.11. The summed E-state index contributed by atoms with van der Waals surface area (Å²) in [7, 11) is 0. The predicted molar refractivity (Wildman–Crippen MR) is 88.7 cm³/mol. The minimum Gasteiger partial charge on any atom is -0.477 e. The van der Waals surface area contributed by atoms with Crippen LogP contribution < -0.4 is 0 Å². The SMILES string of the molecule is N#C/C(=C\c1cn(Cc2ccccc2)c2ccccc12)C(=O)O. The van der Waals surface area contributed by atoms with Crippen LogP contribution in [0.3, 0.4) is 0 Å². The number of hydrogen-bond donors (Lipinski definition) is 1. The van der Waals surface area contributed by atoms with Crippen molar-refractivity contribution >= 4 is 22.9 Å². The number of carboxylic acid groups (broad SMARTS) is 1. The van der Waals surface area contributed by atoms with Crippen LogP contribution in [0.2, 0.25) is 0 Å². The van der Waals surface area contributed by atoms with Gasteiger partial charge in [-0.3, -0.25) is 0 Å². The Kier molecular flexibility index (Phi) is 3.94. The van der Waals surface area contributed by atoms with Gasteiger partial charge in [0.15, 0.2) is 0 Å². The van der Waals surface area contributed by atoms with Crippen LogP contribution in [0.1, 0.15) is 11.1 Å². The molecule has 0 saturated heterocycles. The van der Waals surface area contributed by atoms with E-state index in [-0.39, 0.29) is 5.57 Å². The van der Waals surface area contributed by atoms with E-state index in [1.54, 1.807) is 6.07 Å². The molecule has 3 rings (SSSR count). The molecule has 23 heavy (non-hydrogen) atoms. The van der Waals surface area contributed by atoms with Crippen molar-refractivity contribution in [3.8, 4) is 6.07 Å². The van der Waals surface area contributed by atoms with Gasteiger partial charge >= 0.3 is 5.97 Å². The maximum absolute atomic E-state index is 11.1. The Bertz CT molecular complexity index is 931. The highest BCUT2D eigenvalue weighted by Gasteiger charge is 2.11. The zero-order chi connectivity index (χ0) is 16.2. The van der Waals surface area contributed by atoms with E-state index in [1.807, 2.05) is 60.8 Å². The maximum Gasteiger partial charge on any atom is 0.346 e. The van der Waals surface area contributed by atoms with Crippen molar-refractivity contribution in [2.45, 2.75) is 6.54 Å². The summed E-state index contributed by atoms with van der Waals surface area (Å²) in [6.07, 6.45) is 3.31. The van der Waals surface area contributed by atoms with Crippen LogP contribution in [0, 0.1) is 11.3 Å². The Labute approximate surface area is 133 Å². The van der Waals surface area contributed by atoms with Gasteiger partial charge in [0.25, 0.3) is 0 Å². The molecule has 0 fully saturated rings. The van der Waals surface area contributed by atoms with Crippen LogP contribution in [0.4, 0.5) is 0 Å². The maximum atomic E-state index is 11.1. The second-order valence-electron chi connectivity index (χ2n) is 5.19. The summed E-state index contributed by atoms with van der Waals surface area (Å²) in [5.41, 5.74) is 2.62. The third-order valence-corrected chi connectivity index (χ3v) is 3.67. The lowest BCUT2D eigenvalue weighted by atomic mass is 10.1. The van der Waals surface area contributed by atoms with Gasteiger partial charge in [-0.05, 0) is 17.7 Å². The van der Waals surface area contributed by atoms with Crippen molar-refractivity contribution in [2.24, 2.45) is 0 Å². The largest absolute Gasteiger partial charge is 0.477 e. The summed E-state index contributed by atoms with van der Waals surface area (Å²) in [6.45, 7) is 0.685. The smallest absolute Gasteiger partial charge is 0.346 e. The molecule has 0 unspecified atom stereocenters. The van der Waals surface area contributed by atoms with Crippen molar-refractivity contribution in [2.75, 3.05) is 0 Å². The molecule has 0 radical (unpaired) electrons. The van der Waals surface area contributed by atoms with Gasteiger partial charge < -0.3 is 9.67 Å². The monoisotopic (exact) mass is 302 g/mol. The van der Waals surface area contributed by atoms with Crippen LogP contribution in [0.25, 0.3) is 17.0 Å². The number of nitrogens with zero attached hydrogens (tertiary/aromatic N) is 2. The lowest BCUT2D eigenvalue weighted by Gasteiger charge is -2.05. The molecule has 0 aliphatic rings. The molecule has 4 nitrogen and oxygen atoms in total. The summed E-state index contributed by atoms with van der Waals surface area (Å²) in [5.74, 6) is -1.22. The van der Waals surface area contributed by atoms with E-state index in [0.717, 1.165) is 22.0 Å². The summed E-state index contributed by atoms with van der Waals surface area (Å²) in [6, 6.07) is 19.5. The van der Waals surface area contributed by atoms with Crippen molar-refractivity contribution in [1.29, 1.82) is 5.26 Å². The number of aromatic nitrogens is 1. The molecule has 0 spiro atoms. The molecule has 0 aliphatic carbocycles. The molecule has 4 heteroatoms. The van der Waals surface area contributed by atoms with Crippen LogP contribution in [-0.2, 0) is 11.3 Å². The average molecular weight is 302 g/mol. The van der Waals surface area contributed by atoms with Gasteiger partial charge in [-0.25, -0.2) is 4.79 Å². The van der Waals surface area contributed by atoms with E-state index < -0.39 is 5.97 Å².